The summed E-state index contributed by atoms with van der Waals surface area (Å²) in [6.45, 7) is 3.92. The van der Waals surface area contributed by atoms with Crippen LogP contribution in [0.25, 0.3) is 0 Å². The van der Waals surface area contributed by atoms with Crippen molar-refractivity contribution in [3.63, 3.8) is 0 Å². The van der Waals surface area contributed by atoms with Crippen LogP contribution in [0.2, 0.25) is 0 Å². The first-order chi connectivity index (χ1) is 12.9. The Morgan fingerprint density at radius 3 is 1.96 bits per heavy atom. The van der Waals surface area contributed by atoms with E-state index in [1.165, 1.54) is 31.4 Å². The van der Waals surface area contributed by atoms with Gasteiger partial charge in [-0.05, 0) is 43.7 Å². The maximum absolute atomic E-state index is 12.5. The van der Waals surface area contributed by atoms with Gasteiger partial charge in [-0.1, -0.05) is 30.3 Å². The van der Waals surface area contributed by atoms with Crippen molar-refractivity contribution in [3.8, 4) is 0 Å². The van der Waals surface area contributed by atoms with Gasteiger partial charge in [-0.25, -0.2) is 9.59 Å². The van der Waals surface area contributed by atoms with Gasteiger partial charge in [-0.3, -0.25) is 4.79 Å². The van der Waals surface area contributed by atoms with Gasteiger partial charge < -0.3 is 14.4 Å². The van der Waals surface area contributed by atoms with Crippen LogP contribution in [0.3, 0.4) is 0 Å². The van der Waals surface area contributed by atoms with Gasteiger partial charge in [0.2, 0.25) is 0 Å². The molecule has 0 atom stereocenters. The molecule has 0 spiro atoms. The Hall–Kier alpha value is -3.15. The quantitative estimate of drug-likeness (QED) is 0.702. The molecule has 0 aliphatic carbocycles. The number of esters is 2. The topological polar surface area (TPSA) is 72.9 Å². The first-order valence-electron chi connectivity index (χ1n) is 8.61. The lowest BCUT2D eigenvalue weighted by atomic mass is 10.1. The van der Waals surface area contributed by atoms with Crippen molar-refractivity contribution in [2.24, 2.45) is 0 Å². The first kappa shape index (κ1) is 20.2. The van der Waals surface area contributed by atoms with Gasteiger partial charge in [0.15, 0.2) is 6.61 Å². The molecule has 2 aromatic rings. The van der Waals surface area contributed by atoms with Gasteiger partial charge >= 0.3 is 11.9 Å². The third-order valence-electron chi connectivity index (χ3n) is 4.01. The van der Waals surface area contributed by atoms with Crippen molar-refractivity contribution in [1.29, 1.82) is 0 Å². The highest BCUT2D eigenvalue weighted by Crippen LogP contribution is 2.10. The Balaban J connectivity index is 1.95. The number of benzene rings is 2. The highest BCUT2D eigenvalue weighted by atomic mass is 16.5. The maximum atomic E-state index is 12.5. The molecule has 2 rings (SSSR count). The van der Waals surface area contributed by atoms with Gasteiger partial charge in [-0.2, -0.15) is 0 Å². The SMILES string of the molecule is COC(=O)c1ccc(C(=O)OCC(=O)N(Cc2ccccc2)C(C)C)cc1. The Labute approximate surface area is 158 Å². The van der Waals surface area contributed by atoms with Crippen molar-refractivity contribution in [2.45, 2.75) is 26.4 Å². The van der Waals surface area contributed by atoms with E-state index in [1.807, 2.05) is 44.2 Å². The van der Waals surface area contributed by atoms with Gasteiger partial charge in [0.05, 0.1) is 18.2 Å². The number of carbonyl (C=O) groups is 3. The molecule has 27 heavy (non-hydrogen) atoms. The molecule has 0 heterocycles. The number of ether oxygens (including phenoxy) is 2. The van der Waals surface area contributed by atoms with Crippen molar-refractivity contribution >= 4 is 17.8 Å². The number of carbonyl (C=O) groups excluding carboxylic acids is 3. The summed E-state index contributed by atoms with van der Waals surface area (Å²) in [4.78, 5) is 37.7. The summed E-state index contributed by atoms with van der Waals surface area (Å²) < 4.78 is 9.75. The summed E-state index contributed by atoms with van der Waals surface area (Å²) >= 11 is 0. The largest absolute Gasteiger partial charge is 0.465 e. The van der Waals surface area contributed by atoms with Crippen LogP contribution in [0.5, 0.6) is 0 Å². The molecule has 0 aliphatic rings. The van der Waals surface area contributed by atoms with Crippen molar-refractivity contribution in [1.82, 2.24) is 4.90 Å². The zero-order valence-electron chi connectivity index (χ0n) is 15.7. The van der Waals surface area contributed by atoms with Crippen molar-refractivity contribution in [2.75, 3.05) is 13.7 Å². The highest BCUT2D eigenvalue weighted by molar-refractivity contribution is 5.94. The van der Waals surface area contributed by atoms with Crippen LogP contribution in [0, 0.1) is 0 Å². The Kier molecular flexibility index (Phi) is 7.11. The zero-order valence-corrected chi connectivity index (χ0v) is 15.7. The molecule has 0 radical (unpaired) electrons. The molecule has 1 amide bonds. The van der Waals surface area contributed by atoms with Crippen molar-refractivity contribution < 1.29 is 23.9 Å². The number of rotatable bonds is 7. The fraction of sp³-hybridized carbons (Fsp3) is 0.286. The van der Waals surface area contributed by atoms with E-state index in [2.05, 4.69) is 4.74 Å². The van der Waals surface area contributed by atoms with Crippen LogP contribution in [0.4, 0.5) is 0 Å². The minimum absolute atomic E-state index is 0.0317. The van der Waals surface area contributed by atoms with Crippen LogP contribution in [-0.2, 0) is 20.8 Å². The molecule has 6 nitrogen and oxygen atoms in total. The fourth-order valence-corrected chi connectivity index (χ4v) is 2.49. The molecular formula is C21H23NO5. The van der Waals surface area contributed by atoms with E-state index < -0.39 is 11.9 Å². The van der Waals surface area contributed by atoms with Gasteiger partial charge in [0.25, 0.3) is 5.91 Å². The molecule has 0 aromatic heterocycles. The maximum Gasteiger partial charge on any atom is 0.338 e. The van der Waals surface area contributed by atoms with E-state index in [1.54, 1.807) is 4.90 Å². The fourth-order valence-electron chi connectivity index (χ4n) is 2.49. The summed E-state index contributed by atoms with van der Waals surface area (Å²) in [6, 6.07) is 15.5. The van der Waals surface area contributed by atoms with Crippen LogP contribution in [-0.4, -0.2) is 42.5 Å². The van der Waals surface area contributed by atoms with Crippen LogP contribution < -0.4 is 0 Å². The minimum Gasteiger partial charge on any atom is -0.465 e. The first-order valence-corrected chi connectivity index (χ1v) is 8.61. The number of methoxy groups -OCH3 is 1. The highest BCUT2D eigenvalue weighted by Gasteiger charge is 2.19. The number of amides is 1. The molecule has 2 aromatic carbocycles. The lowest BCUT2D eigenvalue weighted by Crippen LogP contribution is -2.39. The second-order valence-corrected chi connectivity index (χ2v) is 6.25. The molecule has 0 bridgehead atoms. The Morgan fingerprint density at radius 1 is 0.889 bits per heavy atom. The average molecular weight is 369 g/mol. The van der Waals surface area contributed by atoms with Gasteiger partial charge in [0, 0.05) is 12.6 Å². The van der Waals surface area contributed by atoms with Crippen LogP contribution >= 0.6 is 0 Å². The smallest absolute Gasteiger partial charge is 0.338 e. The number of hydrogen-bond donors (Lipinski definition) is 0. The summed E-state index contributed by atoms with van der Waals surface area (Å²) in [5.74, 6) is -1.38. The molecule has 0 fully saturated rings. The molecule has 0 saturated carbocycles. The van der Waals surface area contributed by atoms with E-state index in [4.69, 9.17) is 4.74 Å². The van der Waals surface area contributed by atoms with E-state index in [0.29, 0.717) is 12.1 Å². The summed E-state index contributed by atoms with van der Waals surface area (Å²) in [5.41, 5.74) is 1.60. The molecular weight excluding hydrogens is 346 g/mol. The monoisotopic (exact) mass is 369 g/mol. The summed E-state index contributed by atoms with van der Waals surface area (Å²) in [5, 5.41) is 0. The Bertz CT molecular complexity index is 784. The standard InChI is InChI=1S/C21H23NO5/c1-15(2)22(13-16-7-5-4-6-8-16)19(23)14-27-21(25)18-11-9-17(10-12-18)20(24)26-3/h4-12,15H,13-14H2,1-3H3. The zero-order chi connectivity index (χ0) is 19.8. The molecule has 6 heteroatoms. The average Bonchev–Trinajstić information content (AvgIpc) is 2.70. The number of nitrogens with zero attached hydrogens (tertiary/aromatic N) is 1. The molecule has 0 unspecified atom stereocenters. The third-order valence-corrected chi connectivity index (χ3v) is 4.01. The predicted molar refractivity (Wildman–Crippen MR) is 100 cm³/mol. The lowest BCUT2D eigenvalue weighted by Gasteiger charge is -2.26. The second-order valence-electron chi connectivity index (χ2n) is 6.25. The van der Waals surface area contributed by atoms with E-state index >= 15 is 0 Å². The molecule has 0 aliphatic heterocycles. The van der Waals surface area contributed by atoms with E-state index in [-0.39, 0.29) is 24.1 Å². The van der Waals surface area contributed by atoms with Gasteiger partial charge in [0.1, 0.15) is 0 Å². The number of hydrogen-bond acceptors (Lipinski definition) is 5. The lowest BCUT2D eigenvalue weighted by molar-refractivity contribution is -0.136. The van der Waals surface area contributed by atoms with E-state index in [9.17, 15) is 14.4 Å². The molecule has 0 saturated heterocycles. The molecule has 142 valence electrons. The normalized spacial score (nSPS) is 10.4. The second kappa shape index (κ2) is 9.52. The Morgan fingerprint density at radius 2 is 1.44 bits per heavy atom. The molecule has 0 N–H and O–H groups in total. The van der Waals surface area contributed by atoms with Crippen molar-refractivity contribution in [3.05, 3.63) is 71.3 Å². The summed E-state index contributed by atoms with van der Waals surface area (Å²) in [6.07, 6.45) is 0. The van der Waals surface area contributed by atoms with Crippen LogP contribution in [0.1, 0.15) is 40.1 Å². The third kappa shape index (κ3) is 5.67. The minimum atomic E-state index is -0.622. The van der Waals surface area contributed by atoms with E-state index in [0.717, 1.165) is 5.56 Å². The van der Waals surface area contributed by atoms with Gasteiger partial charge in [-0.15, -0.1) is 0 Å². The predicted octanol–water partition coefficient (Wildman–Crippen LogP) is 3.07. The van der Waals surface area contributed by atoms with Crippen LogP contribution in [0.15, 0.2) is 54.6 Å². The summed E-state index contributed by atoms with van der Waals surface area (Å²) in [7, 11) is 1.28.